The van der Waals surface area contributed by atoms with Crippen LogP contribution in [0.25, 0.3) is 0 Å². The highest BCUT2D eigenvalue weighted by Crippen LogP contribution is 2.45. The van der Waals surface area contributed by atoms with Crippen LogP contribution >= 0.6 is 0 Å². The van der Waals surface area contributed by atoms with Gasteiger partial charge in [0.2, 0.25) is 8.32 Å². The summed E-state index contributed by atoms with van der Waals surface area (Å²) in [6, 6.07) is 0. The molecular weight excluding hydrogens is 544 g/mol. The lowest BCUT2D eigenvalue weighted by atomic mass is 9.93. The number of carbonyl (C=O) groups excluding carboxylic acids is 1. The second kappa shape index (κ2) is 16.0. The van der Waals surface area contributed by atoms with Crippen molar-refractivity contribution in [2.24, 2.45) is 5.92 Å². The number of esters is 1. The third-order valence-corrected chi connectivity index (χ3v) is 15.2. The van der Waals surface area contributed by atoms with Crippen LogP contribution in [-0.4, -0.2) is 57.2 Å². The van der Waals surface area contributed by atoms with E-state index >= 15 is 0 Å². The van der Waals surface area contributed by atoms with Crippen molar-refractivity contribution in [2.45, 2.75) is 153 Å². The van der Waals surface area contributed by atoms with Crippen molar-refractivity contribution in [1.82, 2.24) is 0 Å². The van der Waals surface area contributed by atoms with Gasteiger partial charge in [0.05, 0.1) is 18.8 Å². The summed E-state index contributed by atoms with van der Waals surface area (Å²) >= 11 is 0. The maximum absolute atomic E-state index is 12.8. The Kier molecular flexibility index (Phi) is 13.3. The fourth-order valence-electron chi connectivity index (χ4n) is 7.10. The number of ether oxygens (including phenoxy) is 4. The minimum Gasteiger partial charge on any atom is -0.456 e. The van der Waals surface area contributed by atoms with E-state index in [9.17, 15) is 4.79 Å². The van der Waals surface area contributed by atoms with Crippen molar-refractivity contribution in [3.8, 4) is 0 Å². The molecule has 3 heterocycles. The monoisotopic (exact) mass is 602 g/mol. The number of carbonyl (C=O) groups is 1. The van der Waals surface area contributed by atoms with Crippen LogP contribution in [0.1, 0.15) is 100 Å². The van der Waals surface area contributed by atoms with Crippen LogP contribution in [0, 0.1) is 5.92 Å². The molecule has 42 heavy (non-hydrogen) atoms. The number of cyclic esters (lactones) is 1. The normalized spacial score (nSPS) is 33.9. The largest absolute Gasteiger partial charge is 0.456 e. The Labute approximate surface area is 257 Å². The summed E-state index contributed by atoms with van der Waals surface area (Å²) in [7, 11) is -2.16. The highest BCUT2D eigenvalue weighted by Gasteiger charge is 2.47. The van der Waals surface area contributed by atoms with E-state index < -0.39 is 20.2 Å². The van der Waals surface area contributed by atoms with Gasteiger partial charge in [0, 0.05) is 18.6 Å². The fourth-order valence-corrected chi connectivity index (χ4v) is 12.5. The second-order valence-electron chi connectivity index (χ2n) is 13.7. The Balaban J connectivity index is 1.84. The summed E-state index contributed by atoms with van der Waals surface area (Å²) in [6.07, 6.45) is 19.8. The molecule has 3 aliphatic heterocycles. The van der Waals surface area contributed by atoms with E-state index in [0.29, 0.717) is 42.0 Å². The first-order chi connectivity index (χ1) is 19.9. The van der Waals surface area contributed by atoms with Gasteiger partial charge in [-0.05, 0) is 74.9 Å². The zero-order valence-electron chi connectivity index (χ0n) is 27.6. The zero-order chi connectivity index (χ0) is 30.9. The maximum Gasteiger partial charge on any atom is 0.330 e. The van der Waals surface area contributed by atoms with Gasteiger partial charge in [0.1, 0.15) is 12.2 Å². The van der Waals surface area contributed by atoms with E-state index in [2.05, 4.69) is 78.5 Å². The molecule has 2 bridgehead atoms. The van der Waals surface area contributed by atoms with Gasteiger partial charge in [-0.15, -0.1) is 6.58 Å². The lowest BCUT2D eigenvalue weighted by molar-refractivity contribution is -0.166. The van der Waals surface area contributed by atoms with Crippen molar-refractivity contribution >= 4 is 14.3 Å². The van der Waals surface area contributed by atoms with Crippen molar-refractivity contribution in [2.75, 3.05) is 6.61 Å². The third-order valence-electron chi connectivity index (χ3n) is 9.21. The van der Waals surface area contributed by atoms with Crippen LogP contribution in [0.5, 0.6) is 0 Å². The molecule has 7 unspecified atom stereocenters. The molecule has 0 spiro atoms. The highest BCUT2D eigenvalue weighted by molar-refractivity contribution is 6.78. The average Bonchev–Trinajstić information content (AvgIpc) is 3.28. The summed E-state index contributed by atoms with van der Waals surface area (Å²) < 4.78 is 31.6. The van der Waals surface area contributed by atoms with E-state index in [1.165, 1.54) is 6.08 Å². The number of hydrogen-bond acceptors (Lipinski definition) is 6. The van der Waals surface area contributed by atoms with Gasteiger partial charge in [-0.25, -0.2) is 4.79 Å². The van der Waals surface area contributed by atoms with Crippen LogP contribution in [0.15, 0.2) is 49.1 Å². The molecule has 1 saturated heterocycles. The topological polar surface area (TPSA) is 63.2 Å². The summed E-state index contributed by atoms with van der Waals surface area (Å²) in [4.78, 5) is 12.8. The molecule has 1 fully saturated rings. The minimum atomic E-state index is -2.16. The molecule has 0 saturated carbocycles. The number of hydrogen-bond donors (Lipinski definition) is 0. The Morgan fingerprint density at radius 3 is 2.38 bits per heavy atom. The van der Waals surface area contributed by atoms with Gasteiger partial charge in [0.15, 0.2) is 5.79 Å². The number of rotatable bonds is 7. The third kappa shape index (κ3) is 9.75. The molecule has 238 valence electrons. The minimum absolute atomic E-state index is 0.0348. The predicted molar refractivity (Wildman–Crippen MR) is 173 cm³/mol. The first-order valence-electron chi connectivity index (χ1n) is 16.3. The predicted octanol–water partition coefficient (Wildman–Crippen LogP) is 8.59. The van der Waals surface area contributed by atoms with Crippen molar-refractivity contribution in [3.63, 3.8) is 0 Å². The van der Waals surface area contributed by atoms with E-state index in [-0.39, 0.29) is 30.4 Å². The average molecular weight is 603 g/mol. The van der Waals surface area contributed by atoms with Crippen LogP contribution in [0.4, 0.5) is 0 Å². The molecule has 0 aromatic carbocycles. The van der Waals surface area contributed by atoms with E-state index in [1.807, 2.05) is 19.9 Å². The summed E-state index contributed by atoms with van der Waals surface area (Å²) in [5.41, 5.74) is 1.34. The molecule has 3 aliphatic rings. The Bertz CT molecular complexity index is 945. The SMILES string of the molecule is C=CC(C)[Si](OC1CC/C=C/CC(C2COC(C)(C)O2)OC(=O)/C=C/CC2C=CCC(CC(C)C1)O2)(C(C)C)C(C)C. The van der Waals surface area contributed by atoms with E-state index in [1.54, 1.807) is 0 Å². The van der Waals surface area contributed by atoms with Crippen LogP contribution in [0.3, 0.4) is 0 Å². The zero-order valence-corrected chi connectivity index (χ0v) is 28.6. The van der Waals surface area contributed by atoms with E-state index in [4.69, 9.17) is 23.4 Å². The Hall–Kier alpha value is -1.51. The molecule has 0 radical (unpaired) electrons. The fraction of sp³-hybridized carbons (Fsp3) is 0.743. The second-order valence-corrected chi connectivity index (χ2v) is 18.9. The molecule has 7 heteroatoms. The van der Waals surface area contributed by atoms with Crippen LogP contribution in [-0.2, 0) is 28.2 Å². The van der Waals surface area contributed by atoms with Gasteiger partial charge in [0.25, 0.3) is 0 Å². The molecule has 0 aliphatic carbocycles. The lowest BCUT2D eigenvalue weighted by Crippen LogP contribution is -2.50. The van der Waals surface area contributed by atoms with E-state index in [0.717, 1.165) is 32.1 Å². The molecule has 0 aromatic heterocycles. The summed E-state index contributed by atoms with van der Waals surface area (Å²) in [6.45, 7) is 22.4. The molecule has 7 atom stereocenters. The molecule has 0 N–H and O–H groups in total. The number of allylic oxidation sites excluding steroid dienone is 2. The molecule has 6 nitrogen and oxygen atoms in total. The summed E-state index contributed by atoms with van der Waals surface area (Å²) in [5, 5.41) is 0. The van der Waals surface area contributed by atoms with Crippen LogP contribution in [0.2, 0.25) is 16.6 Å². The van der Waals surface area contributed by atoms with Gasteiger partial charge < -0.3 is 23.4 Å². The molecule has 3 rings (SSSR count). The van der Waals surface area contributed by atoms with Gasteiger partial charge in [-0.2, -0.15) is 0 Å². The van der Waals surface area contributed by atoms with Gasteiger partial charge >= 0.3 is 5.97 Å². The van der Waals surface area contributed by atoms with Crippen LogP contribution < -0.4 is 0 Å². The summed E-state index contributed by atoms with van der Waals surface area (Å²) in [5.74, 6) is -0.573. The quantitative estimate of drug-likeness (QED) is 0.165. The van der Waals surface area contributed by atoms with Gasteiger partial charge in [-0.3, -0.25) is 0 Å². The Morgan fingerprint density at radius 1 is 1.00 bits per heavy atom. The molecule has 0 amide bonds. The maximum atomic E-state index is 12.8. The van der Waals surface area contributed by atoms with Crippen molar-refractivity contribution in [1.29, 1.82) is 0 Å². The lowest BCUT2D eigenvalue weighted by Gasteiger charge is -2.45. The molecular formula is C35H58O6Si. The standard InChI is InChI=1S/C35H58O6Si/c1-10-28(7)42(25(2)3,26(4)5)41-31-16-12-11-13-20-32(33-24-37-35(8,9)40-33)39-34(36)21-15-18-29-17-14-19-30(38-29)22-27(6)23-31/h10-11,13-15,17,21,25-33H,1,12,16,18-20,22-24H2,2-9H3/b13-11+,21-15+. The smallest absolute Gasteiger partial charge is 0.330 e. The highest BCUT2D eigenvalue weighted by atomic mass is 28.4. The number of fused-ring (bicyclic) bond motifs is 2. The first-order valence-corrected chi connectivity index (χ1v) is 18.5. The van der Waals surface area contributed by atoms with Crippen molar-refractivity contribution < 1.29 is 28.2 Å². The first kappa shape index (κ1) is 35.0. The molecule has 0 aromatic rings. The van der Waals surface area contributed by atoms with Crippen molar-refractivity contribution in [3.05, 3.63) is 49.1 Å². The Morgan fingerprint density at radius 2 is 1.74 bits per heavy atom. The van der Waals surface area contributed by atoms with Gasteiger partial charge in [-0.1, -0.05) is 78.0 Å².